The third kappa shape index (κ3) is 4.32. The average Bonchev–Trinajstić information content (AvgIpc) is 3.20. The molecule has 25 heavy (non-hydrogen) atoms. The van der Waals surface area contributed by atoms with Crippen molar-refractivity contribution in [1.29, 1.82) is 0 Å². The van der Waals surface area contributed by atoms with Gasteiger partial charge in [-0.25, -0.2) is 0 Å². The number of benzene rings is 1. The first-order valence-electron chi connectivity index (χ1n) is 7.94. The maximum absolute atomic E-state index is 12.1. The van der Waals surface area contributed by atoms with E-state index in [1.165, 1.54) is 0 Å². The molecule has 2 heterocycles. The molecule has 0 saturated carbocycles. The lowest BCUT2D eigenvalue weighted by Gasteiger charge is -2.08. The summed E-state index contributed by atoms with van der Waals surface area (Å²) in [6, 6.07) is 14.5. The molecule has 6 nitrogen and oxygen atoms in total. The lowest BCUT2D eigenvalue weighted by atomic mass is 10.2. The molecule has 0 aliphatic rings. The quantitative estimate of drug-likeness (QED) is 0.677. The van der Waals surface area contributed by atoms with E-state index in [1.807, 2.05) is 41.2 Å². The Labute approximate surface area is 145 Å². The van der Waals surface area contributed by atoms with Crippen molar-refractivity contribution in [3.05, 3.63) is 84.4 Å². The second-order valence-corrected chi connectivity index (χ2v) is 5.38. The molecule has 2 aromatic heterocycles. The number of nitrogens with one attached hydrogen (secondary N) is 2. The fourth-order valence-corrected chi connectivity index (χ4v) is 2.35. The average molecular weight is 334 g/mol. The summed E-state index contributed by atoms with van der Waals surface area (Å²) in [5.74, 6) is -0.357. The summed E-state index contributed by atoms with van der Waals surface area (Å²) >= 11 is 0. The van der Waals surface area contributed by atoms with Crippen LogP contribution in [0.4, 0.5) is 0 Å². The van der Waals surface area contributed by atoms with E-state index in [1.54, 1.807) is 36.7 Å². The zero-order chi connectivity index (χ0) is 17.5. The van der Waals surface area contributed by atoms with Crippen molar-refractivity contribution in [1.82, 2.24) is 20.2 Å². The van der Waals surface area contributed by atoms with E-state index in [2.05, 4.69) is 15.6 Å². The van der Waals surface area contributed by atoms with Crippen LogP contribution in [0, 0.1) is 0 Å². The van der Waals surface area contributed by atoms with Crippen molar-refractivity contribution in [3.8, 4) is 5.69 Å². The van der Waals surface area contributed by atoms with E-state index in [0.717, 1.165) is 5.69 Å². The number of carbonyl (C=O) groups excluding carboxylic acids is 2. The normalized spacial score (nSPS) is 10.2. The standard InChI is InChI=1S/C19H18N4O2/c24-18(15-3-5-17(6-4-15)23-13-1-2-14-23)21-11-12-22-19(25)16-7-9-20-10-8-16/h1-10,13-14H,11-12H2,(H,21,24)(H,22,25). The van der Waals surface area contributed by atoms with Crippen LogP contribution in [0.1, 0.15) is 20.7 Å². The van der Waals surface area contributed by atoms with Gasteiger partial charge in [-0.1, -0.05) is 0 Å². The minimum atomic E-state index is -0.187. The predicted molar refractivity (Wildman–Crippen MR) is 94.7 cm³/mol. The Morgan fingerprint density at radius 1 is 0.800 bits per heavy atom. The van der Waals surface area contributed by atoms with Gasteiger partial charge in [0.2, 0.25) is 0 Å². The third-order valence-electron chi connectivity index (χ3n) is 3.67. The number of nitrogens with zero attached hydrogens (tertiary/aromatic N) is 2. The molecule has 2 amide bonds. The third-order valence-corrected chi connectivity index (χ3v) is 3.67. The molecule has 0 fully saturated rings. The van der Waals surface area contributed by atoms with Crippen molar-refractivity contribution in [3.63, 3.8) is 0 Å². The Morgan fingerprint density at radius 3 is 1.88 bits per heavy atom. The zero-order valence-corrected chi connectivity index (χ0v) is 13.6. The van der Waals surface area contributed by atoms with Gasteiger partial charge in [0.15, 0.2) is 0 Å². The fourth-order valence-electron chi connectivity index (χ4n) is 2.35. The van der Waals surface area contributed by atoms with Gasteiger partial charge in [-0.15, -0.1) is 0 Å². The van der Waals surface area contributed by atoms with Crippen molar-refractivity contribution < 1.29 is 9.59 Å². The topological polar surface area (TPSA) is 76.0 Å². The lowest BCUT2D eigenvalue weighted by molar-refractivity contribution is 0.0927. The van der Waals surface area contributed by atoms with Crippen LogP contribution in [-0.4, -0.2) is 34.5 Å². The number of hydrogen-bond donors (Lipinski definition) is 2. The number of amides is 2. The van der Waals surface area contributed by atoms with E-state index in [0.29, 0.717) is 24.2 Å². The fraction of sp³-hybridized carbons (Fsp3) is 0.105. The van der Waals surface area contributed by atoms with E-state index in [9.17, 15) is 9.59 Å². The number of carbonyl (C=O) groups is 2. The van der Waals surface area contributed by atoms with Gasteiger partial charge >= 0.3 is 0 Å². The largest absolute Gasteiger partial charge is 0.350 e. The Bertz CT molecular complexity index is 828. The molecular weight excluding hydrogens is 316 g/mol. The maximum Gasteiger partial charge on any atom is 0.251 e. The first-order chi connectivity index (χ1) is 12.2. The predicted octanol–water partition coefficient (Wildman–Crippen LogP) is 2.03. The van der Waals surface area contributed by atoms with Crippen LogP contribution < -0.4 is 10.6 Å². The van der Waals surface area contributed by atoms with Gasteiger partial charge in [0.05, 0.1) is 0 Å². The summed E-state index contributed by atoms with van der Waals surface area (Å²) in [5.41, 5.74) is 2.12. The molecule has 0 unspecified atom stereocenters. The monoisotopic (exact) mass is 334 g/mol. The number of pyridine rings is 1. The van der Waals surface area contributed by atoms with Crippen LogP contribution in [-0.2, 0) is 0 Å². The van der Waals surface area contributed by atoms with Gasteiger partial charge < -0.3 is 15.2 Å². The van der Waals surface area contributed by atoms with Crippen LogP contribution >= 0.6 is 0 Å². The first-order valence-corrected chi connectivity index (χ1v) is 7.94. The Balaban J connectivity index is 1.46. The highest BCUT2D eigenvalue weighted by Gasteiger charge is 2.07. The van der Waals surface area contributed by atoms with Crippen LogP contribution in [0.3, 0.4) is 0 Å². The molecule has 0 spiro atoms. The highest BCUT2D eigenvalue weighted by atomic mass is 16.2. The summed E-state index contributed by atoms with van der Waals surface area (Å²) in [5, 5.41) is 5.54. The number of rotatable bonds is 6. The van der Waals surface area contributed by atoms with Crippen LogP contribution in [0.15, 0.2) is 73.3 Å². The molecule has 0 aliphatic carbocycles. The zero-order valence-electron chi connectivity index (χ0n) is 13.6. The van der Waals surface area contributed by atoms with E-state index in [4.69, 9.17) is 0 Å². The Morgan fingerprint density at radius 2 is 1.32 bits per heavy atom. The molecule has 3 aromatic rings. The molecule has 1 aromatic carbocycles. The van der Waals surface area contributed by atoms with Gasteiger partial charge in [-0.3, -0.25) is 14.6 Å². The van der Waals surface area contributed by atoms with Gasteiger partial charge in [-0.2, -0.15) is 0 Å². The molecule has 126 valence electrons. The first kappa shape index (κ1) is 16.4. The highest BCUT2D eigenvalue weighted by Crippen LogP contribution is 2.09. The second-order valence-electron chi connectivity index (χ2n) is 5.38. The maximum atomic E-state index is 12.1. The van der Waals surface area contributed by atoms with E-state index < -0.39 is 0 Å². The summed E-state index contributed by atoms with van der Waals surface area (Å²) in [7, 11) is 0. The number of hydrogen-bond acceptors (Lipinski definition) is 3. The second kappa shape index (κ2) is 7.92. The smallest absolute Gasteiger partial charge is 0.251 e. The molecule has 0 aliphatic heterocycles. The minimum absolute atomic E-state index is 0.169. The molecule has 0 bridgehead atoms. The van der Waals surface area contributed by atoms with Gasteiger partial charge in [0.1, 0.15) is 0 Å². The Hall–Kier alpha value is -3.41. The highest BCUT2D eigenvalue weighted by molar-refractivity contribution is 5.95. The summed E-state index contributed by atoms with van der Waals surface area (Å²) in [6.45, 7) is 0.712. The molecule has 0 radical (unpaired) electrons. The molecule has 0 saturated heterocycles. The summed E-state index contributed by atoms with van der Waals surface area (Å²) in [4.78, 5) is 27.8. The van der Waals surface area contributed by atoms with Crippen molar-refractivity contribution >= 4 is 11.8 Å². The van der Waals surface area contributed by atoms with Crippen molar-refractivity contribution in [2.24, 2.45) is 0 Å². The lowest BCUT2D eigenvalue weighted by Crippen LogP contribution is -2.34. The minimum Gasteiger partial charge on any atom is -0.350 e. The van der Waals surface area contributed by atoms with Crippen LogP contribution in [0.25, 0.3) is 5.69 Å². The van der Waals surface area contributed by atoms with Gasteiger partial charge in [0.25, 0.3) is 11.8 Å². The van der Waals surface area contributed by atoms with E-state index in [-0.39, 0.29) is 11.8 Å². The molecule has 2 N–H and O–H groups in total. The van der Waals surface area contributed by atoms with E-state index >= 15 is 0 Å². The summed E-state index contributed by atoms with van der Waals surface area (Å²) in [6.07, 6.45) is 7.02. The Kier molecular flexibility index (Phi) is 5.21. The van der Waals surface area contributed by atoms with Gasteiger partial charge in [-0.05, 0) is 48.5 Å². The SMILES string of the molecule is O=C(NCCNC(=O)c1ccc(-n2cccc2)cc1)c1ccncc1. The van der Waals surface area contributed by atoms with Gasteiger partial charge in [0, 0.05) is 54.7 Å². The van der Waals surface area contributed by atoms with Crippen molar-refractivity contribution in [2.45, 2.75) is 0 Å². The summed E-state index contributed by atoms with van der Waals surface area (Å²) < 4.78 is 1.97. The van der Waals surface area contributed by atoms with Crippen LogP contribution in [0.5, 0.6) is 0 Å². The van der Waals surface area contributed by atoms with Crippen LogP contribution in [0.2, 0.25) is 0 Å². The molecular formula is C19H18N4O2. The molecule has 3 rings (SSSR count). The van der Waals surface area contributed by atoms with Crippen molar-refractivity contribution in [2.75, 3.05) is 13.1 Å². The number of aromatic nitrogens is 2. The molecule has 6 heteroatoms. The molecule has 0 atom stereocenters.